The Hall–Kier alpha value is -3.81. The lowest BCUT2D eigenvalue weighted by molar-refractivity contribution is -0.117. The summed E-state index contributed by atoms with van der Waals surface area (Å²) >= 11 is 1.23. The highest BCUT2D eigenvalue weighted by molar-refractivity contribution is 7.15. The molecule has 0 aliphatic carbocycles. The van der Waals surface area contributed by atoms with E-state index in [0.717, 1.165) is 5.82 Å². The molecular formula is C25H24FN5O3S. The first kappa shape index (κ1) is 24.3. The van der Waals surface area contributed by atoms with Crippen LogP contribution in [-0.4, -0.2) is 61.1 Å². The number of hydrogen-bond acceptors (Lipinski definition) is 8. The van der Waals surface area contributed by atoms with Gasteiger partial charge in [0.15, 0.2) is 0 Å². The van der Waals surface area contributed by atoms with E-state index in [0.29, 0.717) is 47.9 Å². The molecule has 35 heavy (non-hydrogen) atoms. The predicted molar refractivity (Wildman–Crippen MR) is 132 cm³/mol. The molecule has 10 heteroatoms. The summed E-state index contributed by atoms with van der Waals surface area (Å²) in [5.41, 5.74) is 2.08. The maximum absolute atomic E-state index is 13.4. The monoisotopic (exact) mass is 493 g/mol. The average Bonchev–Trinajstić information content (AvgIpc) is 3.28. The van der Waals surface area contributed by atoms with Gasteiger partial charge in [0.2, 0.25) is 5.91 Å². The van der Waals surface area contributed by atoms with E-state index >= 15 is 0 Å². The number of nitrogens with zero attached hydrogens (tertiary/aromatic N) is 4. The number of amides is 1. The van der Waals surface area contributed by atoms with E-state index in [4.69, 9.17) is 10.00 Å². The summed E-state index contributed by atoms with van der Waals surface area (Å²) in [6.45, 7) is 4.75. The van der Waals surface area contributed by atoms with E-state index in [-0.39, 0.29) is 30.4 Å². The number of benzene rings is 1. The third kappa shape index (κ3) is 5.82. The molecule has 1 aromatic carbocycles. The largest absolute Gasteiger partial charge is 0.462 e. The zero-order valence-electron chi connectivity index (χ0n) is 19.2. The van der Waals surface area contributed by atoms with Gasteiger partial charge in [-0.05, 0) is 36.8 Å². The maximum Gasteiger partial charge on any atom is 0.341 e. The van der Waals surface area contributed by atoms with Crippen molar-refractivity contribution in [3.63, 3.8) is 0 Å². The quantitative estimate of drug-likeness (QED) is 0.501. The summed E-state index contributed by atoms with van der Waals surface area (Å²) < 4.78 is 18.6. The van der Waals surface area contributed by atoms with Crippen LogP contribution >= 0.6 is 11.3 Å². The number of nitriles is 1. The smallest absolute Gasteiger partial charge is 0.341 e. The standard InChI is InChI=1S/C25H24FN5O3S/c1-2-34-25(33)23-20(18-3-5-19(26)6-4-18)16-35-24(23)29-22(32)15-30-9-11-31(12-10-30)21-13-17(14-27)7-8-28-21/h3-8,13,16H,2,9-12,15H2,1H3,(H,29,32). The third-order valence-corrected chi connectivity index (χ3v) is 6.51. The number of carbonyl (C=O) groups excluding carboxylic acids is 2. The Kier molecular flexibility index (Phi) is 7.70. The van der Waals surface area contributed by atoms with Crippen LogP contribution in [-0.2, 0) is 9.53 Å². The van der Waals surface area contributed by atoms with Crippen LogP contribution in [0.3, 0.4) is 0 Å². The number of thiophene rings is 1. The SMILES string of the molecule is CCOC(=O)c1c(-c2ccc(F)cc2)csc1NC(=O)CN1CCN(c2cc(C#N)ccn2)CC1. The number of carbonyl (C=O) groups is 2. The molecule has 1 N–H and O–H groups in total. The highest BCUT2D eigenvalue weighted by atomic mass is 32.1. The number of anilines is 2. The highest BCUT2D eigenvalue weighted by Gasteiger charge is 2.25. The van der Waals surface area contributed by atoms with Crippen LogP contribution in [0.5, 0.6) is 0 Å². The van der Waals surface area contributed by atoms with Crippen molar-refractivity contribution in [2.45, 2.75) is 6.92 Å². The molecular weight excluding hydrogens is 469 g/mol. The molecule has 4 rings (SSSR count). The molecule has 3 heterocycles. The zero-order valence-corrected chi connectivity index (χ0v) is 20.0. The van der Waals surface area contributed by atoms with E-state index in [1.165, 1.54) is 23.5 Å². The summed E-state index contributed by atoms with van der Waals surface area (Å²) in [7, 11) is 0. The fourth-order valence-corrected chi connectivity index (χ4v) is 4.84. The molecule has 0 bridgehead atoms. The number of halogens is 1. The maximum atomic E-state index is 13.4. The number of piperazine rings is 1. The van der Waals surface area contributed by atoms with Gasteiger partial charge in [0.05, 0.1) is 24.8 Å². The molecule has 1 saturated heterocycles. The van der Waals surface area contributed by atoms with Crippen molar-refractivity contribution < 1.29 is 18.7 Å². The Bertz CT molecular complexity index is 1250. The first-order valence-corrected chi connectivity index (χ1v) is 12.0. The molecule has 0 unspecified atom stereocenters. The minimum atomic E-state index is -0.538. The molecule has 0 radical (unpaired) electrons. The summed E-state index contributed by atoms with van der Waals surface area (Å²) in [5.74, 6) is -0.395. The molecule has 1 aliphatic heterocycles. The lowest BCUT2D eigenvalue weighted by atomic mass is 10.0. The van der Waals surface area contributed by atoms with E-state index in [9.17, 15) is 14.0 Å². The molecule has 180 valence electrons. The van der Waals surface area contributed by atoms with E-state index in [2.05, 4.69) is 21.3 Å². The minimum absolute atomic E-state index is 0.172. The van der Waals surface area contributed by atoms with Gasteiger partial charge in [0.25, 0.3) is 0 Å². The zero-order chi connectivity index (χ0) is 24.8. The van der Waals surface area contributed by atoms with Crippen LogP contribution in [0.4, 0.5) is 15.2 Å². The number of esters is 1. The van der Waals surface area contributed by atoms with Gasteiger partial charge in [-0.2, -0.15) is 5.26 Å². The molecule has 8 nitrogen and oxygen atoms in total. The Balaban J connectivity index is 1.41. The van der Waals surface area contributed by atoms with Crippen molar-refractivity contribution in [1.82, 2.24) is 9.88 Å². The van der Waals surface area contributed by atoms with Gasteiger partial charge < -0.3 is 15.0 Å². The van der Waals surface area contributed by atoms with E-state index in [1.54, 1.807) is 42.8 Å². The topological polar surface area (TPSA) is 98.6 Å². The van der Waals surface area contributed by atoms with Crippen LogP contribution in [0.2, 0.25) is 0 Å². The van der Waals surface area contributed by atoms with Crippen molar-refractivity contribution in [2.24, 2.45) is 0 Å². The minimum Gasteiger partial charge on any atom is -0.462 e. The van der Waals surface area contributed by atoms with Crippen molar-refractivity contribution in [2.75, 3.05) is 49.5 Å². The molecule has 2 aromatic heterocycles. The first-order valence-electron chi connectivity index (χ1n) is 11.2. The van der Waals surface area contributed by atoms with Crippen LogP contribution in [0.25, 0.3) is 11.1 Å². The molecule has 0 saturated carbocycles. The van der Waals surface area contributed by atoms with E-state index < -0.39 is 5.97 Å². The van der Waals surface area contributed by atoms with Gasteiger partial charge in [-0.1, -0.05) is 12.1 Å². The van der Waals surface area contributed by atoms with Crippen LogP contribution in [0, 0.1) is 17.1 Å². The van der Waals surface area contributed by atoms with Gasteiger partial charge in [-0.3, -0.25) is 9.69 Å². The van der Waals surface area contributed by atoms with Gasteiger partial charge in [0, 0.05) is 43.3 Å². The molecule has 3 aromatic rings. The average molecular weight is 494 g/mol. The van der Waals surface area contributed by atoms with Crippen LogP contribution in [0.1, 0.15) is 22.8 Å². The number of nitrogens with one attached hydrogen (secondary N) is 1. The third-order valence-electron chi connectivity index (χ3n) is 5.62. The van der Waals surface area contributed by atoms with Crippen molar-refractivity contribution in [3.05, 3.63) is 64.9 Å². The normalized spacial score (nSPS) is 13.8. The molecule has 0 spiro atoms. The summed E-state index contributed by atoms with van der Waals surface area (Å²) in [5, 5.41) is 14.1. The Labute approximate surface area is 206 Å². The molecule has 1 fully saturated rings. The first-order chi connectivity index (χ1) is 17.0. The summed E-state index contributed by atoms with van der Waals surface area (Å²) in [6, 6.07) is 11.4. The molecule has 1 amide bonds. The van der Waals surface area contributed by atoms with Crippen molar-refractivity contribution in [1.29, 1.82) is 5.26 Å². The fourth-order valence-electron chi connectivity index (χ4n) is 3.86. The summed E-state index contributed by atoms with van der Waals surface area (Å²) in [4.78, 5) is 34.0. The number of pyridine rings is 1. The second-order valence-corrected chi connectivity index (χ2v) is 8.79. The number of hydrogen-bond donors (Lipinski definition) is 1. The van der Waals surface area contributed by atoms with Gasteiger partial charge in [-0.25, -0.2) is 14.2 Å². The Morgan fingerprint density at radius 1 is 1.20 bits per heavy atom. The van der Waals surface area contributed by atoms with Gasteiger partial charge >= 0.3 is 5.97 Å². The Morgan fingerprint density at radius 3 is 2.63 bits per heavy atom. The van der Waals surface area contributed by atoms with E-state index in [1.807, 2.05) is 4.90 Å². The van der Waals surface area contributed by atoms with Crippen LogP contribution < -0.4 is 10.2 Å². The van der Waals surface area contributed by atoms with Gasteiger partial charge in [0.1, 0.15) is 22.2 Å². The van der Waals surface area contributed by atoms with Crippen molar-refractivity contribution in [3.8, 4) is 17.2 Å². The molecule has 1 aliphatic rings. The highest BCUT2D eigenvalue weighted by Crippen LogP contribution is 2.36. The van der Waals surface area contributed by atoms with Gasteiger partial charge in [-0.15, -0.1) is 11.3 Å². The number of ether oxygens (including phenoxy) is 1. The number of aromatic nitrogens is 1. The lowest BCUT2D eigenvalue weighted by Crippen LogP contribution is -2.49. The number of rotatable bonds is 7. The Morgan fingerprint density at radius 2 is 1.94 bits per heavy atom. The molecule has 0 atom stereocenters. The summed E-state index contributed by atoms with van der Waals surface area (Å²) in [6.07, 6.45) is 1.62. The second-order valence-electron chi connectivity index (χ2n) is 7.91. The van der Waals surface area contributed by atoms with Crippen molar-refractivity contribution >= 4 is 34.0 Å². The second kappa shape index (κ2) is 11.1. The predicted octanol–water partition coefficient (Wildman–Crippen LogP) is 3.76. The van der Waals surface area contributed by atoms with Crippen LogP contribution in [0.15, 0.2) is 48.0 Å². The fraction of sp³-hybridized carbons (Fsp3) is 0.280. The lowest BCUT2D eigenvalue weighted by Gasteiger charge is -2.35.